The summed E-state index contributed by atoms with van der Waals surface area (Å²) >= 11 is 0. The van der Waals surface area contributed by atoms with Gasteiger partial charge >= 0.3 is 0 Å². The fourth-order valence-electron chi connectivity index (χ4n) is 1.83. The van der Waals surface area contributed by atoms with Crippen LogP contribution in [0.5, 0.6) is 0 Å². The molecule has 0 saturated carbocycles. The van der Waals surface area contributed by atoms with E-state index >= 15 is 0 Å². The summed E-state index contributed by atoms with van der Waals surface area (Å²) in [6, 6.07) is 12.8. The molecule has 0 aliphatic carbocycles. The highest BCUT2D eigenvalue weighted by atomic mass is 32.2. The Balaban J connectivity index is 2.02. The Bertz CT molecular complexity index is 812. The van der Waals surface area contributed by atoms with Gasteiger partial charge in [-0.05, 0) is 35.9 Å². The summed E-state index contributed by atoms with van der Waals surface area (Å²) in [4.78, 5) is 0. The maximum atomic E-state index is 13.7. The lowest BCUT2D eigenvalue weighted by molar-refractivity contribution is 0.607. The lowest BCUT2D eigenvalue weighted by atomic mass is 10.2. The number of nitrogens with one attached hydrogen (secondary N) is 2. The van der Waals surface area contributed by atoms with Gasteiger partial charge in [0.2, 0.25) is 10.0 Å². The van der Waals surface area contributed by atoms with Gasteiger partial charge in [-0.2, -0.15) is 5.26 Å². The van der Waals surface area contributed by atoms with Crippen molar-refractivity contribution in [3.8, 4) is 6.07 Å². The third-order valence-electron chi connectivity index (χ3n) is 2.84. The van der Waals surface area contributed by atoms with E-state index in [1.165, 1.54) is 18.2 Å². The van der Waals surface area contributed by atoms with Gasteiger partial charge in [0.05, 0.1) is 23.6 Å². The summed E-state index contributed by atoms with van der Waals surface area (Å²) in [5.41, 5.74) is 1.90. The molecule has 22 heavy (non-hydrogen) atoms. The van der Waals surface area contributed by atoms with Crippen LogP contribution in [0.15, 0.2) is 42.5 Å². The molecule has 0 saturated heterocycles. The molecule has 0 aliphatic rings. The number of hydrogen-bond acceptors (Lipinski definition) is 4. The first-order valence-corrected chi connectivity index (χ1v) is 8.27. The highest BCUT2D eigenvalue weighted by Gasteiger charge is 2.04. The highest BCUT2D eigenvalue weighted by Crippen LogP contribution is 2.17. The minimum Gasteiger partial charge on any atom is -0.379 e. The summed E-state index contributed by atoms with van der Waals surface area (Å²) in [5.74, 6) is -0.491. The molecule has 114 valence electrons. The van der Waals surface area contributed by atoms with Crippen molar-refractivity contribution in [2.24, 2.45) is 0 Å². The van der Waals surface area contributed by atoms with Crippen LogP contribution in [0.25, 0.3) is 0 Å². The third kappa shape index (κ3) is 4.46. The maximum absolute atomic E-state index is 13.7. The van der Waals surface area contributed by atoms with Gasteiger partial charge < -0.3 is 5.32 Å². The molecule has 2 aromatic carbocycles. The Morgan fingerprint density at radius 2 is 1.86 bits per heavy atom. The van der Waals surface area contributed by atoms with Gasteiger partial charge in [-0.25, -0.2) is 12.8 Å². The number of halogens is 1. The monoisotopic (exact) mass is 319 g/mol. The smallest absolute Gasteiger partial charge is 0.229 e. The van der Waals surface area contributed by atoms with Crippen LogP contribution in [0.2, 0.25) is 0 Å². The van der Waals surface area contributed by atoms with Crippen molar-refractivity contribution >= 4 is 21.4 Å². The minimum atomic E-state index is -3.30. The number of nitrogens with zero attached hydrogens (tertiary/aromatic N) is 1. The largest absolute Gasteiger partial charge is 0.379 e. The van der Waals surface area contributed by atoms with E-state index in [1.54, 1.807) is 24.3 Å². The molecule has 2 N–H and O–H groups in total. The molecule has 0 radical (unpaired) electrons. The van der Waals surface area contributed by atoms with Crippen molar-refractivity contribution in [2.75, 3.05) is 16.3 Å². The third-order valence-corrected chi connectivity index (χ3v) is 3.44. The fourth-order valence-corrected chi connectivity index (χ4v) is 2.39. The van der Waals surface area contributed by atoms with Gasteiger partial charge in [-0.3, -0.25) is 4.72 Å². The van der Waals surface area contributed by atoms with Crippen LogP contribution < -0.4 is 10.0 Å². The summed E-state index contributed by atoms with van der Waals surface area (Å²) in [5, 5.41) is 11.6. The minimum absolute atomic E-state index is 0.263. The summed E-state index contributed by atoms with van der Waals surface area (Å²) in [6.45, 7) is 0.377. The van der Waals surface area contributed by atoms with Gasteiger partial charge in [0.15, 0.2) is 0 Å². The predicted molar refractivity (Wildman–Crippen MR) is 83.4 cm³/mol. The van der Waals surface area contributed by atoms with E-state index in [2.05, 4.69) is 10.0 Å². The molecule has 0 amide bonds. The van der Waals surface area contributed by atoms with Crippen LogP contribution in [-0.4, -0.2) is 14.7 Å². The SMILES string of the molecule is CS(=O)(=O)Nc1ccc(CNc2ccc(C#N)cc2F)cc1. The molecule has 2 aromatic rings. The van der Waals surface area contributed by atoms with E-state index < -0.39 is 15.8 Å². The lowest BCUT2D eigenvalue weighted by Gasteiger charge is -2.09. The normalized spacial score (nSPS) is 10.8. The molecule has 7 heteroatoms. The number of hydrogen-bond donors (Lipinski definition) is 2. The summed E-state index contributed by atoms with van der Waals surface area (Å²) < 4.78 is 38.3. The zero-order valence-corrected chi connectivity index (χ0v) is 12.6. The van der Waals surface area contributed by atoms with Crippen molar-refractivity contribution in [3.63, 3.8) is 0 Å². The van der Waals surface area contributed by atoms with E-state index in [4.69, 9.17) is 5.26 Å². The molecule has 0 spiro atoms. The Morgan fingerprint density at radius 1 is 1.18 bits per heavy atom. The second kappa shape index (κ2) is 6.45. The first-order valence-electron chi connectivity index (χ1n) is 6.37. The Labute approximate surface area is 128 Å². The zero-order valence-electron chi connectivity index (χ0n) is 11.8. The molecular weight excluding hydrogens is 305 g/mol. The second-order valence-corrected chi connectivity index (χ2v) is 6.48. The Kier molecular flexibility index (Phi) is 4.63. The first kappa shape index (κ1) is 15.8. The van der Waals surface area contributed by atoms with Crippen molar-refractivity contribution in [3.05, 3.63) is 59.4 Å². The van der Waals surface area contributed by atoms with Crippen LogP contribution >= 0.6 is 0 Å². The van der Waals surface area contributed by atoms with Crippen LogP contribution in [0.4, 0.5) is 15.8 Å². The van der Waals surface area contributed by atoms with E-state index in [-0.39, 0.29) is 5.56 Å². The number of nitriles is 1. The average molecular weight is 319 g/mol. The molecule has 0 fully saturated rings. The van der Waals surface area contributed by atoms with E-state index in [9.17, 15) is 12.8 Å². The maximum Gasteiger partial charge on any atom is 0.229 e. The van der Waals surface area contributed by atoms with Crippen LogP contribution in [-0.2, 0) is 16.6 Å². The summed E-state index contributed by atoms with van der Waals surface area (Å²) in [6.07, 6.45) is 1.08. The number of sulfonamides is 1. The predicted octanol–water partition coefficient (Wildman–Crippen LogP) is 2.68. The second-order valence-electron chi connectivity index (χ2n) is 4.73. The van der Waals surface area contributed by atoms with Crippen molar-refractivity contribution in [2.45, 2.75) is 6.54 Å². The first-order chi connectivity index (χ1) is 10.4. The average Bonchev–Trinajstić information content (AvgIpc) is 2.46. The van der Waals surface area contributed by atoms with Crippen LogP contribution in [0.1, 0.15) is 11.1 Å². The van der Waals surface area contributed by atoms with Crippen LogP contribution in [0.3, 0.4) is 0 Å². The fraction of sp³-hybridized carbons (Fsp3) is 0.133. The Hall–Kier alpha value is -2.59. The summed E-state index contributed by atoms with van der Waals surface area (Å²) in [7, 11) is -3.30. The number of benzene rings is 2. The zero-order chi connectivity index (χ0) is 16.2. The molecule has 0 unspecified atom stereocenters. The highest BCUT2D eigenvalue weighted by molar-refractivity contribution is 7.92. The molecule has 0 aromatic heterocycles. The molecule has 0 aliphatic heterocycles. The molecule has 5 nitrogen and oxygen atoms in total. The van der Waals surface area contributed by atoms with Crippen molar-refractivity contribution in [1.29, 1.82) is 5.26 Å². The standard InChI is InChI=1S/C15H14FN3O2S/c1-22(20,21)19-13-5-2-11(3-6-13)10-18-15-7-4-12(9-17)8-14(15)16/h2-8,18-19H,10H2,1H3. The molecule has 0 atom stereocenters. The molecule has 0 bridgehead atoms. The van der Waals surface area contributed by atoms with E-state index in [0.29, 0.717) is 17.9 Å². The van der Waals surface area contributed by atoms with Crippen molar-refractivity contribution in [1.82, 2.24) is 0 Å². The van der Waals surface area contributed by atoms with Gasteiger partial charge in [-0.15, -0.1) is 0 Å². The Morgan fingerprint density at radius 3 is 2.41 bits per heavy atom. The quantitative estimate of drug-likeness (QED) is 0.887. The van der Waals surface area contributed by atoms with Gasteiger partial charge in [0, 0.05) is 12.2 Å². The molecule has 2 rings (SSSR count). The van der Waals surface area contributed by atoms with Crippen molar-refractivity contribution < 1.29 is 12.8 Å². The van der Waals surface area contributed by atoms with Gasteiger partial charge in [0.1, 0.15) is 5.82 Å². The van der Waals surface area contributed by atoms with Gasteiger partial charge in [-0.1, -0.05) is 12.1 Å². The van der Waals surface area contributed by atoms with Gasteiger partial charge in [0.25, 0.3) is 0 Å². The molecular formula is C15H14FN3O2S. The number of rotatable bonds is 5. The lowest BCUT2D eigenvalue weighted by Crippen LogP contribution is -2.09. The molecule has 0 heterocycles. The number of anilines is 2. The van der Waals surface area contributed by atoms with E-state index in [1.807, 2.05) is 6.07 Å². The topological polar surface area (TPSA) is 82.0 Å². The van der Waals surface area contributed by atoms with Crippen LogP contribution in [0, 0.1) is 17.1 Å². The van der Waals surface area contributed by atoms with E-state index in [0.717, 1.165) is 11.8 Å².